The Morgan fingerprint density at radius 3 is 2.62 bits per heavy atom. The standard InChI is InChI=1S/C30H27ClN4O4S/c1-17(2)28(36)33-22-11-10-20(16-21(22)31)35-27(26(34-30(35)40)23-9-4-5-14-32-23)25-13-12-24(39-25)18-7-6-8-19(15-18)29(37)38-3/h4-17,26-27H,1-3H3,(H,33,36)(H,34,40)/t26-,27-/m0/s1. The summed E-state index contributed by atoms with van der Waals surface area (Å²) < 4.78 is 11.3. The van der Waals surface area contributed by atoms with E-state index in [4.69, 9.17) is 33.0 Å². The Labute approximate surface area is 242 Å². The number of aromatic nitrogens is 1. The Hall–Kier alpha value is -4.21. The van der Waals surface area contributed by atoms with Crippen LogP contribution < -0.4 is 15.5 Å². The lowest BCUT2D eigenvalue weighted by atomic mass is 10.0. The van der Waals surface area contributed by atoms with Crippen molar-refractivity contribution in [2.75, 3.05) is 17.3 Å². The number of esters is 1. The number of halogens is 1. The third-order valence-electron chi connectivity index (χ3n) is 6.60. The summed E-state index contributed by atoms with van der Waals surface area (Å²) in [5.74, 6) is 0.486. The van der Waals surface area contributed by atoms with E-state index in [2.05, 4.69) is 15.6 Å². The van der Waals surface area contributed by atoms with Gasteiger partial charge in [-0.2, -0.15) is 0 Å². The quantitative estimate of drug-likeness (QED) is 0.189. The van der Waals surface area contributed by atoms with Crippen LogP contribution in [0.1, 0.15) is 47.7 Å². The van der Waals surface area contributed by atoms with Crippen LogP contribution in [0.25, 0.3) is 11.3 Å². The van der Waals surface area contributed by atoms with Gasteiger partial charge in [0.15, 0.2) is 5.11 Å². The average molecular weight is 575 g/mol. The van der Waals surface area contributed by atoms with Crippen molar-refractivity contribution < 1.29 is 18.7 Å². The number of hydrogen-bond donors (Lipinski definition) is 2. The van der Waals surface area contributed by atoms with Gasteiger partial charge in [0, 0.05) is 23.4 Å². The second-order valence-electron chi connectivity index (χ2n) is 9.58. The molecule has 1 saturated heterocycles. The summed E-state index contributed by atoms with van der Waals surface area (Å²) in [6, 6.07) is 21.2. The Bertz CT molecular complexity index is 1570. The second-order valence-corrected chi connectivity index (χ2v) is 10.4. The van der Waals surface area contributed by atoms with Gasteiger partial charge in [0.05, 0.1) is 35.1 Å². The molecule has 0 aliphatic carbocycles. The van der Waals surface area contributed by atoms with Gasteiger partial charge in [-0.3, -0.25) is 9.78 Å². The zero-order valence-electron chi connectivity index (χ0n) is 22.1. The third kappa shape index (κ3) is 5.43. The Morgan fingerprint density at radius 2 is 1.93 bits per heavy atom. The van der Waals surface area contributed by atoms with Gasteiger partial charge in [-0.15, -0.1) is 0 Å². The number of methoxy groups -OCH3 is 1. The van der Waals surface area contributed by atoms with Gasteiger partial charge in [-0.1, -0.05) is 43.6 Å². The van der Waals surface area contributed by atoms with E-state index in [1.165, 1.54) is 7.11 Å². The molecule has 0 saturated carbocycles. The topological polar surface area (TPSA) is 96.7 Å². The fourth-order valence-corrected chi connectivity index (χ4v) is 5.11. The lowest BCUT2D eigenvalue weighted by Gasteiger charge is -2.26. The van der Waals surface area contributed by atoms with E-state index < -0.39 is 12.0 Å². The Balaban J connectivity index is 1.54. The Kier molecular flexibility index (Phi) is 7.86. The van der Waals surface area contributed by atoms with Crippen molar-refractivity contribution in [3.8, 4) is 11.3 Å². The van der Waals surface area contributed by atoms with Crippen LogP contribution in [-0.4, -0.2) is 29.1 Å². The molecule has 204 valence electrons. The number of amides is 1. The van der Waals surface area contributed by atoms with Crippen LogP contribution >= 0.6 is 23.8 Å². The fourth-order valence-electron chi connectivity index (χ4n) is 4.54. The minimum Gasteiger partial charge on any atom is -0.465 e. The van der Waals surface area contributed by atoms with E-state index in [0.717, 1.165) is 16.9 Å². The zero-order valence-corrected chi connectivity index (χ0v) is 23.6. The highest BCUT2D eigenvalue weighted by atomic mass is 35.5. The predicted molar refractivity (Wildman–Crippen MR) is 158 cm³/mol. The summed E-state index contributed by atoms with van der Waals surface area (Å²) in [4.78, 5) is 30.8. The molecule has 40 heavy (non-hydrogen) atoms. The number of hydrogen-bond acceptors (Lipinski definition) is 6. The molecular weight excluding hydrogens is 548 g/mol. The van der Waals surface area contributed by atoms with Gasteiger partial charge in [0.25, 0.3) is 0 Å². The van der Waals surface area contributed by atoms with E-state index in [1.807, 2.05) is 61.2 Å². The van der Waals surface area contributed by atoms with E-state index in [-0.39, 0.29) is 17.9 Å². The molecule has 1 aliphatic heterocycles. The molecule has 1 fully saturated rings. The van der Waals surface area contributed by atoms with Gasteiger partial charge in [0.2, 0.25) is 5.91 Å². The molecule has 0 radical (unpaired) electrons. The first-order valence-electron chi connectivity index (χ1n) is 12.7. The summed E-state index contributed by atoms with van der Waals surface area (Å²) in [5.41, 5.74) is 3.19. The number of rotatable bonds is 7. The largest absolute Gasteiger partial charge is 0.465 e. The average Bonchev–Trinajstić information content (AvgIpc) is 3.59. The number of carbonyl (C=O) groups is 2. The number of carbonyl (C=O) groups excluding carboxylic acids is 2. The van der Waals surface area contributed by atoms with Crippen molar-refractivity contribution >= 4 is 52.2 Å². The van der Waals surface area contributed by atoms with Gasteiger partial charge < -0.3 is 24.7 Å². The summed E-state index contributed by atoms with van der Waals surface area (Å²) in [6.45, 7) is 3.63. The molecule has 10 heteroatoms. The number of nitrogens with zero attached hydrogens (tertiary/aromatic N) is 2. The number of furan rings is 1. The first-order valence-corrected chi connectivity index (χ1v) is 13.4. The molecule has 2 aromatic carbocycles. The number of nitrogens with one attached hydrogen (secondary N) is 2. The van der Waals surface area contributed by atoms with Gasteiger partial charge >= 0.3 is 5.97 Å². The van der Waals surface area contributed by atoms with E-state index in [1.54, 1.807) is 36.5 Å². The number of benzene rings is 2. The maximum absolute atomic E-state index is 12.2. The summed E-state index contributed by atoms with van der Waals surface area (Å²) in [7, 11) is 1.35. The molecular formula is C30H27ClN4O4S. The lowest BCUT2D eigenvalue weighted by Crippen LogP contribution is -2.29. The highest BCUT2D eigenvalue weighted by Gasteiger charge is 2.42. The lowest BCUT2D eigenvalue weighted by molar-refractivity contribution is -0.118. The van der Waals surface area contributed by atoms with Crippen LogP contribution in [0.2, 0.25) is 5.02 Å². The molecule has 5 rings (SSSR count). The second kappa shape index (κ2) is 11.5. The van der Waals surface area contributed by atoms with E-state index in [0.29, 0.717) is 32.9 Å². The molecule has 3 heterocycles. The summed E-state index contributed by atoms with van der Waals surface area (Å²) >= 11 is 12.4. The van der Waals surface area contributed by atoms with Crippen LogP contribution in [0.3, 0.4) is 0 Å². The maximum atomic E-state index is 12.2. The van der Waals surface area contributed by atoms with Crippen molar-refractivity contribution in [1.29, 1.82) is 0 Å². The van der Waals surface area contributed by atoms with Crippen molar-refractivity contribution in [1.82, 2.24) is 10.3 Å². The van der Waals surface area contributed by atoms with Crippen LogP contribution in [0.5, 0.6) is 0 Å². The maximum Gasteiger partial charge on any atom is 0.337 e. The monoisotopic (exact) mass is 574 g/mol. The molecule has 0 unspecified atom stereocenters. The van der Waals surface area contributed by atoms with Crippen molar-refractivity contribution in [2.24, 2.45) is 5.92 Å². The van der Waals surface area contributed by atoms with E-state index in [9.17, 15) is 9.59 Å². The highest BCUT2D eigenvalue weighted by molar-refractivity contribution is 7.80. The minimum absolute atomic E-state index is 0.125. The highest BCUT2D eigenvalue weighted by Crippen LogP contribution is 2.44. The molecule has 1 amide bonds. The number of pyridine rings is 1. The Morgan fingerprint density at radius 1 is 1.10 bits per heavy atom. The summed E-state index contributed by atoms with van der Waals surface area (Å²) in [5, 5.41) is 7.10. The molecule has 8 nitrogen and oxygen atoms in total. The SMILES string of the molecule is COC(=O)c1cccc(-c2ccc([C@H]3[C@H](c4ccccn4)NC(=S)N3c3ccc(NC(=O)C(C)C)c(Cl)c3)o2)c1. The normalized spacial score (nSPS) is 16.6. The fraction of sp³-hybridized carbons (Fsp3) is 0.200. The number of anilines is 2. The van der Waals surface area contributed by atoms with Crippen LogP contribution in [-0.2, 0) is 9.53 Å². The van der Waals surface area contributed by atoms with Crippen LogP contribution in [0, 0.1) is 5.92 Å². The molecule has 0 spiro atoms. The van der Waals surface area contributed by atoms with Crippen LogP contribution in [0.4, 0.5) is 11.4 Å². The smallest absolute Gasteiger partial charge is 0.337 e. The molecule has 1 aliphatic rings. The first kappa shape index (κ1) is 27.4. The minimum atomic E-state index is -0.426. The van der Waals surface area contributed by atoms with Gasteiger partial charge in [0.1, 0.15) is 17.6 Å². The van der Waals surface area contributed by atoms with Crippen LogP contribution in [0.15, 0.2) is 83.4 Å². The van der Waals surface area contributed by atoms with Crippen molar-refractivity contribution in [3.05, 3.63) is 101 Å². The predicted octanol–water partition coefficient (Wildman–Crippen LogP) is 6.55. The number of ether oxygens (including phenoxy) is 1. The van der Waals surface area contributed by atoms with Gasteiger partial charge in [-0.05, 0) is 66.8 Å². The molecule has 0 bridgehead atoms. The zero-order chi connectivity index (χ0) is 28.4. The number of thiocarbonyl (C=S) groups is 1. The molecule has 2 N–H and O–H groups in total. The van der Waals surface area contributed by atoms with E-state index >= 15 is 0 Å². The van der Waals surface area contributed by atoms with Crippen molar-refractivity contribution in [2.45, 2.75) is 25.9 Å². The van der Waals surface area contributed by atoms with Crippen molar-refractivity contribution in [3.63, 3.8) is 0 Å². The molecule has 4 aromatic rings. The molecule has 2 aromatic heterocycles. The first-order chi connectivity index (χ1) is 19.3. The summed E-state index contributed by atoms with van der Waals surface area (Å²) in [6.07, 6.45) is 1.73. The third-order valence-corrected chi connectivity index (χ3v) is 7.22. The van der Waals surface area contributed by atoms with Gasteiger partial charge in [-0.25, -0.2) is 4.79 Å². The molecule has 2 atom stereocenters.